The summed E-state index contributed by atoms with van der Waals surface area (Å²) < 4.78 is 41.5. The molecule has 2 aliphatic heterocycles. The van der Waals surface area contributed by atoms with E-state index in [1.807, 2.05) is 6.92 Å². The zero-order valence-corrected chi connectivity index (χ0v) is 13.7. The molecule has 128 valence electrons. The van der Waals surface area contributed by atoms with Crippen LogP contribution >= 0.6 is 0 Å². The highest BCUT2D eigenvalue weighted by molar-refractivity contribution is 7.89. The molecule has 0 aliphatic carbocycles. The van der Waals surface area contributed by atoms with Crippen LogP contribution in [0.4, 0.5) is 0 Å². The number of carbonyl (C=O) groups excluding carboxylic acids is 1. The van der Waals surface area contributed by atoms with E-state index in [1.54, 1.807) is 0 Å². The monoisotopic (exact) mass is 336 g/mol. The highest BCUT2D eigenvalue weighted by atomic mass is 32.2. The number of carbonyl (C=O) groups is 1. The molecule has 2 aliphatic rings. The molecular weight excluding hydrogens is 312 g/mol. The quantitative estimate of drug-likeness (QED) is 0.661. The molecule has 8 nitrogen and oxygen atoms in total. The molecule has 1 amide bonds. The lowest BCUT2D eigenvalue weighted by atomic mass is 10.2. The topological polar surface area (TPSA) is 94.2 Å². The molecule has 2 rings (SSSR count). The van der Waals surface area contributed by atoms with Crippen LogP contribution in [0, 0.1) is 0 Å². The van der Waals surface area contributed by atoms with Crippen molar-refractivity contribution in [3.8, 4) is 0 Å². The second-order valence-corrected chi connectivity index (χ2v) is 7.60. The molecule has 2 fully saturated rings. The van der Waals surface area contributed by atoms with Crippen molar-refractivity contribution in [3.63, 3.8) is 0 Å². The van der Waals surface area contributed by atoms with Crippen molar-refractivity contribution in [1.82, 2.24) is 9.62 Å². The molecule has 0 aromatic heterocycles. The van der Waals surface area contributed by atoms with Gasteiger partial charge in [-0.05, 0) is 6.92 Å². The third-order valence-electron chi connectivity index (χ3n) is 3.75. The molecule has 9 heteroatoms. The summed E-state index contributed by atoms with van der Waals surface area (Å²) in [7, 11) is -3.39. The smallest absolute Gasteiger partial charge is 0.221 e. The summed E-state index contributed by atoms with van der Waals surface area (Å²) in [6, 6.07) is 0. The normalized spacial score (nSPS) is 22.6. The van der Waals surface area contributed by atoms with E-state index in [-0.39, 0.29) is 18.1 Å². The van der Waals surface area contributed by atoms with Crippen LogP contribution < -0.4 is 5.32 Å². The summed E-state index contributed by atoms with van der Waals surface area (Å²) in [5.74, 6) is -1.10. The SMILES string of the molecule is CC1(CCNC(=O)CCS(=O)(=O)N2CCOCC2)OCCO1. The summed E-state index contributed by atoms with van der Waals surface area (Å²) >= 11 is 0. The number of amides is 1. The summed E-state index contributed by atoms with van der Waals surface area (Å²) in [4.78, 5) is 11.8. The minimum absolute atomic E-state index is 0.0435. The van der Waals surface area contributed by atoms with Crippen LogP contribution in [0.3, 0.4) is 0 Å². The van der Waals surface area contributed by atoms with Crippen LogP contribution in [0.25, 0.3) is 0 Å². The number of sulfonamides is 1. The molecule has 0 bridgehead atoms. The van der Waals surface area contributed by atoms with Gasteiger partial charge in [-0.15, -0.1) is 0 Å². The van der Waals surface area contributed by atoms with E-state index >= 15 is 0 Å². The molecule has 0 radical (unpaired) electrons. The van der Waals surface area contributed by atoms with Gasteiger partial charge in [-0.1, -0.05) is 0 Å². The second-order valence-electron chi connectivity index (χ2n) is 5.51. The summed E-state index contributed by atoms with van der Waals surface area (Å²) in [5, 5.41) is 2.70. The van der Waals surface area contributed by atoms with Crippen molar-refractivity contribution in [2.24, 2.45) is 0 Å². The lowest BCUT2D eigenvalue weighted by Crippen LogP contribution is -2.42. The van der Waals surface area contributed by atoms with Gasteiger partial charge in [0.15, 0.2) is 5.79 Å². The summed E-state index contributed by atoms with van der Waals surface area (Å²) in [5.41, 5.74) is 0. The second kappa shape index (κ2) is 7.69. The van der Waals surface area contributed by atoms with Gasteiger partial charge in [0, 0.05) is 32.5 Å². The first-order valence-electron chi connectivity index (χ1n) is 7.51. The van der Waals surface area contributed by atoms with E-state index in [4.69, 9.17) is 14.2 Å². The standard InChI is InChI=1S/C13H24N2O6S/c1-13(20-9-10-21-13)3-4-14-12(16)2-11-22(17,18)15-5-7-19-8-6-15/h2-11H2,1H3,(H,14,16). The van der Waals surface area contributed by atoms with E-state index in [0.29, 0.717) is 52.5 Å². The Hall–Kier alpha value is -0.740. The zero-order valence-electron chi connectivity index (χ0n) is 12.9. The molecular formula is C13H24N2O6S. The minimum Gasteiger partial charge on any atom is -0.379 e. The Labute approximate surface area is 131 Å². The van der Waals surface area contributed by atoms with E-state index in [0.717, 1.165) is 0 Å². The first-order chi connectivity index (χ1) is 10.4. The molecule has 0 saturated carbocycles. The number of ether oxygens (including phenoxy) is 3. The maximum absolute atomic E-state index is 12.1. The Kier molecular flexibility index (Phi) is 6.16. The van der Waals surface area contributed by atoms with E-state index in [9.17, 15) is 13.2 Å². The van der Waals surface area contributed by atoms with Gasteiger partial charge in [-0.2, -0.15) is 4.31 Å². The number of hydrogen-bond donors (Lipinski definition) is 1. The average Bonchev–Trinajstić information content (AvgIpc) is 2.93. The first-order valence-corrected chi connectivity index (χ1v) is 9.12. The van der Waals surface area contributed by atoms with Crippen LogP contribution in [0.5, 0.6) is 0 Å². The molecule has 0 unspecified atom stereocenters. The maximum Gasteiger partial charge on any atom is 0.221 e. The highest BCUT2D eigenvalue weighted by Crippen LogP contribution is 2.21. The molecule has 0 spiro atoms. The molecule has 0 aromatic carbocycles. The molecule has 0 atom stereocenters. The van der Waals surface area contributed by atoms with Gasteiger partial charge in [0.1, 0.15) is 0 Å². The molecule has 2 saturated heterocycles. The van der Waals surface area contributed by atoms with Crippen LogP contribution in [0.15, 0.2) is 0 Å². The van der Waals surface area contributed by atoms with E-state index in [1.165, 1.54) is 4.31 Å². The summed E-state index contributed by atoms with van der Waals surface area (Å²) in [6.07, 6.45) is 0.493. The van der Waals surface area contributed by atoms with Crippen LogP contribution in [-0.2, 0) is 29.0 Å². The maximum atomic E-state index is 12.1. The fraction of sp³-hybridized carbons (Fsp3) is 0.923. The Morgan fingerprint density at radius 1 is 1.18 bits per heavy atom. The van der Waals surface area contributed by atoms with Gasteiger partial charge in [0.25, 0.3) is 0 Å². The number of nitrogens with zero attached hydrogens (tertiary/aromatic N) is 1. The summed E-state index contributed by atoms with van der Waals surface area (Å²) in [6.45, 7) is 4.87. The average molecular weight is 336 g/mol. The third-order valence-corrected chi connectivity index (χ3v) is 5.62. The van der Waals surface area contributed by atoms with Gasteiger partial charge in [-0.3, -0.25) is 4.79 Å². The minimum atomic E-state index is -3.39. The predicted octanol–water partition coefficient (Wildman–Crippen LogP) is -0.692. The Balaban J connectivity index is 1.66. The van der Waals surface area contributed by atoms with Crippen molar-refractivity contribution >= 4 is 15.9 Å². The Morgan fingerprint density at radius 3 is 2.45 bits per heavy atom. The number of morpholine rings is 1. The van der Waals surface area contributed by atoms with Gasteiger partial charge in [0.05, 0.1) is 32.2 Å². The van der Waals surface area contributed by atoms with Gasteiger partial charge >= 0.3 is 0 Å². The van der Waals surface area contributed by atoms with Gasteiger partial charge in [-0.25, -0.2) is 8.42 Å². The predicted molar refractivity (Wildman–Crippen MR) is 78.7 cm³/mol. The first kappa shape index (κ1) is 17.6. The third kappa shape index (κ3) is 5.17. The van der Waals surface area contributed by atoms with Crippen LogP contribution in [0.2, 0.25) is 0 Å². The molecule has 22 heavy (non-hydrogen) atoms. The van der Waals surface area contributed by atoms with Gasteiger partial charge in [0.2, 0.25) is 15.9 Å². The Bertz CT molecular complexity index is 469. The number of hydrogen-bond acceptors (Lipinski definition) is 6. The largest absolute Gasteiger partial charge is 0.379 e. The number of nitrogens with one attached hydrogen (secondary N) is 1. The molecule has 1 N–H and O–H groups in total. The lowest BCUT2D eigenvalue weighted by molar-refractivity contribution is -0.146. The van der Waals surface area contributed by atoms with Crippen LogP contribution in [-0.4, -0.2) is 76.2 Å². The number of rotatable bonds is 7. The van der Waals surface area contributed by atoms with Gasteiger partial charge < -0.3 is 19.5 Å². The van der Waals surface area contributed by atoms with Crippen molar-refractivity contribution < 1.29 is 27.4 Å². The zero-order chi connectivity index (χ0) is 16.1. The molecule has 0 aromatic rings. The van der Waals surface area contributed by atoms with Crippen molar-refractivity contribution in [2.75, 3.05) is 51.8 Å². The fourth-order valence-corrected chi connectivity index (χ4v) is 3.80. The van der Waals surface area contributed by atoms with E-state index in [2.05, 4.69) is 5.32 Å². The highest BCUT2D eigenvalue weighted by Gasteiger charge is 2.30. The Morgan fingerprint density at radius 2 is 1.82 bits per heavy atom. The van der Waals surface area contributed by atoms with Crippen molar-refractivity contribution in [3.05, 3.63) is 0 Å². The molecule has 2 heterocycles. The lowest BCUT2D eigenvalue weighted by Gasteiger charge is -2.26. The fourth-order valence-electron chi connectivity index (χ4n) is 2.39. The van der Waals surface area contributed by atoms with E-state index < -0.39 is 15.8 Å². The van der Waals surface area contributed by atoms with Crippen LogP contribution in [0.1, 0.15) is 19.8 Å². The van der Waals surface area contributed by atoms with Crippen molar-refractivity contribution in [2.45, 2.75) is 25.6 Å². The van der Waals surface area contributed by atoms with Crippen molar-refractivity contribution in [1.29, 1.82) is 0 Å².